The SMILES string of the molecule is O=C(N[C@H](c1ccc(F)cc1)[C@@H]1CCCO1)[C@@H]1CC(c2ccc(Cl)s2)=NO1. The second kappa shape index (κ2) is 7.96. The van der Waals surface area contributed by atoms with E-state index < -0.39 is 6.10 Å². The number of nitrogens with one attached hydrogen (secondary N) is 1. The van der Waals surface area contributed by atoms with Crippen LogP contribution < -0.4 is 5.32 Å². The average molecular weight is 409 g/mol. The molecule has 2 aromatic rings. The Morgan fingerprint density at radius 1 is 1.30 bits per heavy atom. The highest BCUT2D eigenvalue weighted by Gasteiger charge is 2.34. The second-order valence-electron chi connectivity index (χ2n) is 6.53. The van der Waals surface area contributed by atoms with Gasteiger partial charge in [-0.25, -0.2) is 4.39 Å². The molecule has 27 heavy (non-hydrogen) atoms. The zero-order valence-corrected chi connectivity index (χ0v) is 15.9. The summed E-state index contributed by atoms with van der Waals surface area (Å²) < 4.78 is 19.7. The minimum Gasteiger partial charge on any atom is -0.382 e. The number of carbonyl (C=O) groups is 1. The first-order valence-electron chi connectivity index (χ1n) is 8.76. The first-order chi connectivity index (χ1) is 13.1. The van der Waals surface area contributed by atoms with Crippen LogP contribution in [0.4, 0.5) is 4.39 Å². The van der Waals surface area contributed by atoms with E-state index >= 15 is 0 Å². The van der Waals surface area contributed by atoms with Crippen molar-refractivity contribution in [3.8, 4) is 0 Å². The minimum atomic E-state index is -0.703. The Morgan fingerprint density at radius 2 is 2.11 bits per heavy atom. The van der Waals surface area contributed by atoms with E-state index in [0.29, 0.717) is 23.1 Å². The van der Waals surface area contributed by atoms with Gasteiger partial charge in [0.15, 0.2) is 0 Å². The molecule has 2 aliphatic rings. The van der Waals surface area contributed by atoms with Gasteiger partial charge in [-0.15, -0.1) is 11.3 Å². The lowest BCUT2D eigenvalue weighted by atomic mass is 9.98. The summed E-state index contributed by atoms with van der Waals surface area (Å²) in [5, 5.41) is 7.04. The summed E-state index contributed by atoms with van der Waals surface area (Å²) in [5.74, 6) is -0.579. The molecule has 0 unspecified atom stereocenters. The van der Waals surface area contributed by atoms with Crippen LogP contribution in [0.3, 0.4) is 0 Å². The van der Waals surface area contributed by atoms with Crippen LogP contribution in [0, 0.1) is 5.82 Å². The van der Waals surface area contributed by atoms with E-state index in [1.807, 2.05) is 6.07 Å². The van der Waals surface area contributed by atoms with E-state index in [9.17, 15) is 9.18 Å². The van der Waals surface area contributed by atoms with Gasteiger partial charge >= 0.3 is 0 Å². The van der Waals surface area contributed by atoms with Crippen molar-refractivity contribution in [3.63, 3.8) is 0 Å². The van der Waals surface area contributed by atoms with Gasteiger partial charge in [0.1, 0.15) is 11.5 Å². The molecule has 5 nitrogen and oxygen atoms in total. The first kappa shape index (κ1) is 18.4. The van der Waals surface area contributed by atoms with Crippen LogP contribution in [0.2, 0.25) is 4.34 Å². The van der Waals surface area contributed by atoms with Gasteiger partial charge in [0.25, 0.3) is 5.91 Å². The van der Waals surface area contributed by atoms with Gasteiger partial charge in [-0.05, 0) is 42.7 Å². The van der Waals surface area contributed by atoms with E-state index in [-0.39, 0.29) is 23.9 Å². The number of rotatable bonds is 5. The molecule has 142 valence electrons. The summed E-state index contributed by atoms with van der Waals surface area (Å²) in [4.78, 5) is 19.0. The Hall–Kier alpha value is -1.96. The summed E-state index contributed by atoms with van der Waals surface area (Å²) in [6.45, 7) is 0.657. The Balaban J connectivity index is 1.45. The lowest BCUT2D eigenvalue weighted by Crippen LogP contribution is -2.41. The molecule has 3 atom stereocenters. The van der Waals surface area contributed by atoms with Gasteiger partial charge in [0.05, 0.1) is 21.4 Å². The van der Waals surface area contributed by atoms with Crippen molar-refractivity contribution < 1.29 is 18.8 Å². The van der Waals surface area contributed by atoms with Crippen LogP contribution in [-0.4, -0.2) is 30.4 Å². The van der Waals surface area contributed by atoms with Crippen molar-refractivity contribution in [3.05, 3.63) is 57.0 Å². The molecule has 1 N–H and O–H groups in total. The maximum absolute atomic E-state index is 13.3. The molecule has 1 fully saturated rings. The molecule has 4 rings (SSSR count). The third-order valence-electron chi connectivity index (χ3n) is 4.68. The fraction of sp³-hybridized carbons (Fsp3) is 0.368. The van der Waals surface area contributed by atoms with Crippen molar-refractivity contribution in [2.75, 3.05) is 6.61 Å². The van der Waals surface area contributed by atoms with E-state index in [4.69, 9.17) is 21.2 Å². The number of thiophene rings is 1. The molecule has 3 heterocycles. The fourth-order valence-electron chi connectivity index (χ4n) is 3.31. The quantitative estimate of drug-likeness (QED) is 0.811. The molecule has 1 aromatic carbocycles. The molecule has 0 bridgehead atoms. The molecular weight excluding hydrogens is 391 g/mol. The number of amides is 1. The molecule has 0 spiro atoms. The fourth-order valence-corrected chi connectivity index (χ4v) is 4.34. The van der Waals surface area contributed by atoms with Gasteiger partial charge in [0, 0.05) is 13.0 Å². The number of halogens is 2. The van der Waals surface area contributed by atoms with Crippen LogP contribution in [0.25, 0.3) is 0 Å². The third kappa shape index (κ3) is 4.15. The Labute approximate surface area is 165 Å². The molecule has 0 radical (unpaired) electrons. The number of ether oxygens (including phenoxy) is 1. The Bertz CT molecular complexity index is 849. The van der Waals surface area contributed by atoms with E-state index in [1.165, 1.54) is 23.5 Å². The predicted molar refractivity (Wildman–Crippen MR) is 102 cm³/mol. The number of carbonyl (C=O) groups excluding carboxylic acids is 1. The zero-order chi connectivity index (χ0) is 18.8. The molecule has 8 heteroatoms. The van der Waals surface area contributed by atoms with Gasteiger partial charge in [0.2, 0.25) is 6.10 Å². The minimum absolute atomic E-state index is 0.141. The highest BCUT2D eigenvalue weighted by atomic mass is 35.5. The molecule has 2 aliphatic heterocycles. The molecule has 1 aromatic heterocycles. The summed E-state index contributed by atoms with van der Waals surface area (Å²) in [7, 11) is 0. The number of hydrogen-bond donors (Lipinski definition) is 1. The van der Waals surface area contributed by atoms with Crippen molar-refractivity contribution in [1.82, 2.24) is 5.32 Å². The molecule has 0 aliphatic carbocycles. The second-order valence-corrected chi connectivity index (χ2v) is 8.24. The van der Waals surface area contributed by atoms with Crippen LogP contribution >= 0.6 is 22.9 Å². The number of hydrogen-bond acceptors (Lipinski definition) is 5. The van der Waals surface area contributed by atoms with E-state index in [0.717, 1.165) is 23.3 Å². The monoisotopic (exact) mass is 408 g/mol. The summed E-state index contributed by atoms with van der Waals surface area (Å²) in [6.07, 6.45) is 1.31. The van der Waals surface area contributed by atoms with Crippen LogP contribution in [0.5, 0.6) is 0 Å². The summed E-state index contributed by atoms with van der Waals surface area (Å²) >= 11 is 7.36. The highest BCUT2D eigenvalue weighted by Crippen LogP contribution is 2.29. The average Bonchev–Trinajstić information content (AvgIpc) is 3.41. The molecule has 0 saturated carbocycles. The summed E-state index contributed by atoms with van der Waals surface area (Å²) in [5.41, 5.74) is 1.52. The number of benzene rings is 1. The van der Waals surface area contributed by atoms with Crippen LogP contribution in [0.1, 0.15) is 35.7 Å². The van der Waals surface area contributed by atoms with E-state index in [1.54, 1.807) is 18.2 Å². The topological polar surface area (TPSA) is 59.9 Å². The summed E-state index contributed by atoms with van der Waals surface area (Å²) in [6, 6.07) is 9.42. The maximum atomic E-state index is 13.3. The molecule has 1 saturated heterocycles. The Morgan fingerprint density at radius 3 is 2.78 bits per heavy atom. The normalized spacial score (nSPS) is 23.0. The Kier molecular flexibility index (Phi) is 5.43. The van der Waals surface area contributed by atoms with Gasteiger partial charge in [-0.1, -0.05) is 28.9 Å². The van der Waals surface area contributed by atoms with Crippen molar-refractivity contribution in [2.24, 2.45) is 5.16 Å². The van der Waals surface area contributed by atoms with Crippen molar-refractivity contribution >= 4 is 34.6 Å². The zero-order valence-electron chi connectivity index (χ0n) is 14.4. The third-order valence-corrected chi connectivity index (χ3v) is 5.96. The van der Waals surface area contributed by atoms with Gasteiger partial charge in [-0.3, -0.25) is 4.79 Å². The van der Waals surface area contributed by atoms with Gasteiger partial charge < -0.3 is 14.9 Å². The largest absolute Gasteiger partial charge is 0.382 e. The van der Waals surface area contributed by atoms with Crippen LogP contribution in [-0.2, 0) is 14.4 Å². The lowest BCUT2D eigenvalue weighted by molar-refractivity contribution is -0.133. The first-order valence-corrected chi connectivity index (χ1v) is 9.95. The van der Waals surface area contributed by atoms with Crippen molar-refractivity contribution in [2.45, 2.75) is 37.5 Å². The predicted octanol–water partition coefficient (Wildman–Crippen LogP) is 4.07. The number of nitrogens with zero attached hydrogens (tertiary/aromatic N) is 1. The standard InChI is InChI=1S/C19H18ClFN2O3S/c20-17-8-7-16(27-17)13-10-15(26-23-13)19(24)22-18(14-2-1-9-25-14)11-3-5-12(21)6-4-11/h3-8,14-15,18H,1-2,9-10H2,(H,22,24)/t14-,15-,18+/m0/s1. The van der Waals surface area contributed by atoms with Crippen molar-refractivity contribution in [1.29, 1.82) is 0 Å². The highest BCUT2D eigenvalue weighted by molar-refractivity contribution is 7.18. The van der Waals surface area contributed by atoms with E-state index in [2.05, 4.69) is 10.5 Å². The number of oxime groups is 1. The van der Waals surface area contributed by atoms with Crippen LogP contribution in [0.15, 0.2) is 41.6 Å². The van der Waals surface area contributed by atoms with Gasteiger partial charge in [-0.2, -0.15) is 0 Å². The molecular formula is C19H18ClFN2O3S. The lowest BCUT2D eigenvalue weighted by Gasteiger charge is -2.25. The molecule has 1 amide bonds. The maximum Gasteiger partial charge on any atom is 0.264 e. The smallest absolute Gasteiger partial charge is 0.264 e.